The van der Waals surface area contributed by atoms with E-state index in [1.54, 1.807) is 0 Å². The molecule has 0 aromatic carbocycles. The number of hydrogen-bond donors (Lipinski definition) is 2. The van der Waals surface area contributed by atoms with Crippen LogP contribution in [-0.4, -0.2) is 25.3 Å². The van der Waals surface area contributed by atoms with E-state index in [1.165, 1.54) is 4.81 Å². The molecule has 0 bridgehead atoms. The lowest BCUT2D eigenvalue weighted by molar-refractivity contribution is 0.680. The molecule has 0 aliphatic heterocycles. The molecule has 5 heteroatoms. The molecular weight excluding hydrogens is 103 g/mol. The third kappa shape index (κ3) is 1.72. The van der Waals surface area contributed by atoms with Gasteiger partial charge in [0.1, 0.15) is 0 Å². The number of nitrogens with two attached hydrogens (primary N) is 2. The number of guanidine groups is 1. The van der Waals surface area contributed by atoms with Crippen molar-refractivity contribution in [1.29, 1.82) is 0 Å². The fourth-order valence-corrected chi connectivity index (χ4v) is 0.236. The number of hydrogen-bond acceptors (Lipinski definition) is 2. The first-order valence-corrected chi connectivity index (χ1v) is 2.28. The van der Waals surface area contributed by atoms with Crippen LogP contribution < -0.4 is 11.6 Å². The molecule has 0 rings (SSSR count). The first kappa shape index (κ1) is 7.13. The van der Waals surface area contributed by atoms with Crippen molar-refractivity contribution in [3.05, 3.63) is 0 Å². The lowest BCUT2D eigenvalue weighted by Crippen LogP contribution is -2.35. The van der Waals surface area contributed by atoms with Crippen LogP contribution in [0.15, 0.2) is 5.10 Å². The van der Waals surface area contributed by atoms with Gasteiger partial charge in [-0.05, 0) is 6.92 Å². The fraction of sp³-hybridized carbons (Fsp3) is 0.667. The third-order valence-corrected chi connectivity index (χ3v) is 0.767. The van der Waals surface area contributed by atoms with Crippen molar-refractivity contribution < 1.29 is 0 Å². The van der Waals surface area contributed by atoms with Crippen molar-refractivity contribution in [2.45, 2.75) is 6.92 Å². The highest BCUT2D eigenvalue weighted by atomic mass is 15.3. The van der Waals surface area contributed by atoms with Gasteiger partial charge in [-0.25, -0.2) is 0 Å². The van der Waals surface area contributed by atoms with Crippen molar-refractivity contribution in [3.8, 4) is 0 Å². The molecule has 44 valence electrons. The second-order valence-electron chi connectivity index (χ2n) is 1.27. The molecule has 4 nitrogen and oxygen atoms in total. The van der Waals surface area contributed by atoms with Gasteiger partial charge < -0.3 is 16.4 Å². The molecule has 0 amide bonds. The summed E-state index contributed by atoms with van der Waals surface area (Å²) >= 11 is 0. The minimum absolute atomic E-state index is 0.146. The zero-order valence-electron chi connectivity index (χ0n) is 4.83. The van der Waals surface area contributed by atoms with Crippen LogP contribution in [0.3, 0.4) is 0 Å². The summed E-state index contributed by atoms with van der Waals surface area (Å²) in [6.07, 6.45) is 0. The average molecular weight is 112 g/mol. The van der Waals surface area contributed by atoms with Crippen LogP contribution >= 0.6 is 0 Å². The number of hydrazone groups is 1. The zero-order chi connectivity index (χ0) is 6.57. The van der Waals surface area contributed by atoms with Crippen molar-refractivity contribution >= 4 is 13.9 Å². The molecule has 2 radical (unpaired) electrons. The molecule has 0 aromatic rings. The molecular formula is C3H9BN4. The van der Waals surface area contributed by atoms with E-state index in [0.29, 0.717) is 6.54 Å². The summed E-state index contributed by atoms with van der Waals surface area (Å²) in [5.74, 6) is 4.94. The van der Waals surface area contributed by atoms with Gasteiger partial charge in [0.2, 0.25) is 7.98 Å². The Morgan fingerprint density at radius 2 is 2.38 bits per heavy atom. The second kappa shape index (κ2) is 3.18. The van der Waals surface area contributed by atoms with Gasteiger partial charge in [-0.2, -0.15) is 0 Å². The minimum atomic E-state index is 0.146. The Morgan fingerprint density at radius 3 is 2.50 bits per heavy atom. The SMILES string of the molecule is [B]N(CC)C(N)=NN. The standard InChI is InChI=1S/C3H9BN4/c1-2-8(4)3(5)7-6/h2,6H2,1H3,(H2,5,7). The first-order valence-electron chi connectivity index (χ1n) is 2.28. The number of rotatable bonds is 1. The van der Waals surface area contributed by atoms with Crippen LogP contribution in [0.5, 0.6) is 0 Å². The Labute approximate surface area is 49.9 Å². The van der Waals surface area contributed by atoms with Gasteiger partial charge in [-0.15, -0.1) is 5.10 Å². The van der Waals surface area contributed by atoms with Crippen molar-refractivity contribution in [1.82, 2.24) is 4.81 Å². The second-order valence-corrected chi connectivity index (χ2v) is 1.27. The Kier molecular flexibility index (Phi) is 2.83. The smallest absolute Gasteiger partial charge is 0.230 e. The van der Waals surface area contributed by atoms with Crippen molar-refractivity contribution in [2.75, 3.05) is 6.54 Å². The minimum Gasteiger partial charge on any atom is -0.396 e. The third-order valence-electron chi connectivity index (χ3n) is 0.767. The topological polar surface area (TPSA) is 67.6 Å². The molecule has 0 aliphatic carbocycles. The highest BCUT2D eigenvalue weighted by molar-refractivity contribution is 6.14. The van der Waals surface area contributed by atoms with Crippen LogP contribution in [0.4, 0.5) is 0 Å². The van der Waals surface area contributed by atoms with Crippen LogP contribution in [0.1, 0.15) is 6.92 Å². The van der Waals surface area contributed by atoms with E-state index < -0.39 is 0 Å². The van der Waals surface area contributed by atoms with Crippen molar-refractivity contribution in [3.63, 3.8) is 0 Å². The molecule has 0 atom stereocenters. The van der Waals surface area contributed by atoms with E-state index in [-0.39, 0.29) is 5.96 Å². The predicted octanol–water partition coefficient (Wildman–Crippen LogP) is -1.42. The summed E-state index contributed by atoms with van der Waals surface area (Å²) in [5.41, 5.74) is 5.15. The Bertz CT molecular complexity index is 91.3. The van der Waals surface area contributed by atoms with Gasteiger partial charge in [0.25, 0.3) is 0 Å². The van der Waals surface area contributed by atoms with Gasteiger partial charge in [-0.3, -0.25) is 0 Å². The first-order chi connectivity index (χ1) is 3.72. The summed E-state index contributed by atoms with van der Waals surface area (Å²) in [6, 6.07) is 0. The highest BCUT2D eigenvalue weighted by Crippen LogP contribution is 1.74. The summed E-state index contributed by atoms with van der Waals surface area (Å²) in [4.78, 5) is 1.25. The maximum atomic E-state index is 5.22. The Hall–Kier alpha value is -0.865. The molecule has 0 fully saturated rings. The van der Waals surface area contributed by atoms with E-state index >= 15 is 0 Å². The summed E-state index contributed by atoms with van der Waals surface area (Å²) in [7, 11) is 5.22. The van der Waals surface area contributed by atoms with Crippen LogP contribution in [-0.2, 0) is 0 Å². The monoisotopic (exact) mass is 112 g/mol. The molecule has 0 heterocycles. The van der Waals surface area contributed by atoms with Crippen LogP contribution in [0.2, 0.25) is 0 Å². The average Bonchev–Trinajstić information content (AvgIpc) is 1.84. The van der Waals surface area contributed by atoms with Gasteiger partial charge >= 0.3 is 0 Å². The normalized spacial score (nSPS) is 11.4. The highest BCUT2D eigenvalue weighted by Gasteiger charge is 1.93. The van der Waals surface area contributed by atoms with E-state index in [2.05, 4.69) is 5.10 Å². The molecule has 8 heavy (non-hydrogen) atoms. The van der Waals surface area contributed by atoms with Gasteiger partial charge in [0.15, 0.2) is 5.96 Å². The van der Waals surface area contributed by atoms with Crippen LogP contribution in [0.25, 0.3) is 0 Å². The van der Waals surface area contributed by atoms with E-state index in [9.17, 15) is 0 Å². The van der Waals surface area contributed by atoms with E-state index in [1.807, 2.05) is 6.92 Å². The molecule has 0 saturated carbocycles. The van der Waals surface area contributed by atoms with E-state index in [4.69, 9.17) is 19.6 Å². The Balaban J connectivity index is 3.63. The molecule has 0 aromatic heterocycles. The quantitative estimate of drug-likeness (QED) is 0.144. The summed E-state index contributed by atoms with van der Waals surface area (Å²) in [5, 5.41) is 3.15. The van der Waals surface area contributed by atoms with Gasteiger partial charge in [0, 0.05) is 6.54 Å². The Morgan fingerprint density at radius 1 is 1.88 bits per heavy atom. The number of nitrogens with zero attached hydrogens (tertiary/aromatic N) is 2. The predicted molar refractivity (Wildman–Crippen MR) is 33.9 cm³/mol. The molecule has 4 N–H and O–H groups in total. The maximum Gasteiger partial charge on any atom is 0.230 e. The molecule has 0 saturated heterocycles. The summed E-state index contributed by atoms with van der Waals surface area (Å²) < 4.78 is 0. The largest absolute Gasteiger partial charge is 0.396 e. The van der Waals surface area contributed by atoms with Gasteiger partial charge in [-0.1, -0.05) is 0 Å². The zero-order valence-corrected chi connectivity index (χ0v) is 4.83. The summed E-state index contributed by atoms with van der Waals surface area (Å²) in [6.45, 7) is 2.45. The van der Waals surface area contributed by atoms with E-state index in [0.717, 1.165) is 0 Å². The molecule has 0 unspecified atom stereocenters. The molecule has 0 aliphatic rings. The van der Waals surface area contributed by atoms with Crippen LogP contribution in [0, 0.1) is 0 Å². The fourth-order valence-electron chi connectivity index (χ4n) is 0.236. The van der Waals surface area contributed by atoms with Gasteiger partial charge in [0.05, 0.1) is 0 Å². The maximum absolute atomic E-state index is 5.22. The molecule has 0 spiro atoms. The van der Waals surface area contributed by atoms with Crippen molar-refractivity contribution in [2.24, 2.45) is 16.7 Å². The lowest BCUT2D eigenvalue weighted by atomic mass is 10.3. The lowest BCUT2D eigenvalue weighted by Gasteiger charge is -2.13.